The summed E-state index contributed by atoms with van der Waals surface area (Å²) < 4.78 is 0. The number of aromatic nitrogens is 1. The van der Waals surface area contributed by atoms with Crippen molar-refractivity contribution in [2.75, 3.05) is 26.2 Å². The van der Waals surface area contributed by atoms with E-state index in [2.05, 4.69) is 21.3 Å². The quantitative estimate of drug-likeness (QED) is 0.873. The van der Waals surface area contributed by atoms with Crippen molar-refractivity contribution < 1.29 is 9.59 Å². The van der Waals surface area contributed by atoms with Gasteiger partial charge in [-0.15, -0.1) is 0 Å². The molecule has 2 aromatic rings. The summed E-state index contributed by atoms with van der Waals surface area (Å²) in [5.41, 5.74) is 1.42. The van der Waals surface area contributed by atoms with Crippen LogP contribution in [0.4, 0.5) is 0 Å². The number of carbonyl (C=O) groups excluding carboxylic acids is 2. The van der Waals surface area contributed by atoms with Crippen molar-refractivity contribution in [1.29, 1.82) is 5.26 Å². The maximum absolute atomic E-state index is 12.8. The van der Waals surface area contributed by atoms with Crippen molar-refractivity contribution in [2.24, 2.45) is 0 Å². The minimum atomic E-state index is -0.287. The average molecular weight is 377 g/mol. The van der Waals surface area contributed by atoms with Gasteiger partial charge >= 0.3 is 0 Å². The van der Waals surface area contributed by atoms with Crippen LogP contribution >= 0.6 is 0 Å². The van der Waals surface area contributed by atoms with Gasteiger partial charge in [0.1, 0.15) is 6.04 Å². The molecule has 2 aliphatic heterocycles. The van der Waals surface area contributed by atoms with Crippen LogP contribution in [-0.4, -0.2) is 64.9 Å². The molecule has 2 saturated heterocycles. The highest BCUT2D eigenvalue weighted by Crippen LogP contribution is 2.19. The van der Waals surface area contributed by atoms with E-state index in [0.717, 1.165) is 36.7 Å². The number of amides is 2. The van der Waals surface area contributed by atoms with Gasteiger partial charge in [-0.25, -0.2) is 0 Å². The van der Waals surface area contributed by atoms with E-state index in [4.69, 9.17) is 5.26 Å². The van der Waals surface area contributed by atoms with E-state index in [9.17, 15) is 9.59 Å². The number of benzene rings is 1. The monoisotopic (exact) mass is 377 g/mol. The largest absolute Gasteiger partial charge is 0.348 e. The van der Waals surface area contributed by atoms with Crippen molar-refractivity contribution in [3.05, 3.63) is 42.1 Å². The maximum atomic E-state index is 12.8. The molecule has 3 heterocycles. The summed E-state index contributed by atoms with van der Waals surface area (Å²) in [6.07, 6.45) is 4.18. The number of hydrogen-bond donors (Lipinski definition) is 1. The fourth-order valence-electron chi connectivity index (χ4n) is 4.14. The lowest BCUT2D eigenvalue weighted by atomic mass is 10.1. The Labute approximate surface area is 163 Å². The Kier molecular flexibility index (Phi) is 5.22. The van der Waals surface area contributed by atoms with Crippen molar-refractivity contribution in [2.45, 2.75) is 31.3 Å². The Morgan fingerprint density at radius 1 is 1.21 bits per heavy atom. The Morgan fingerprint density at radius 3 is 2.96 bits per heavy atom. The molecule has 0 saturated carbocycles. The molecule has 0 radical (unpaired) electrons. The van der Waals surface area contributed by atoms with Crippen LogP contribution in [0.5, 0.6) is 0 Å². The number of rotatable bonds is 4. The van der Waals surface area contributed by atoms with Crippen LogP contribution in [0.3, 0.4) is 0 Å². The number of hydrogen-bond acceptors (Lipinski definition) is 5. The predicted octanol–water partition coefficient (Wildman–Crippen LogP) is 1.55. The molecule has 2 amide bonds. The molecule has 7 heteroatoms. The van der Waals surface area contributed by atoms with Gasteiger partial charge in [-0.2, -0.15) is 5.26 Å². The van der Waals surface area contributed by atoms with Gasteiger partial charge in [0, 0.05) is 42.8 Å². The van der Waals surface area contributed by atoms with Crippen molar-refractivity contribution in [1.82, 2.24) is 20.1 Å². The third-order valence-corrected chi connectivity index (χ3v) is 5.58. The Balaban J connectivity index is 1.35. The Hall–Kier alpha value is -2.98. The van der Waals surface area contributed by atoms with E-state index in [0.29, 0.717) is 25.2 Å². The summed E-state index contributed by atoms with van der Waals surface area (Å²) in [6, 6.07) is 11.2. The lowest BCUT2D eigenvalue weighted by Gasteiger charge is -2.23. The number of pyridine rings is 1. The molecule has 0 spiro atoms. The van der Waals surface area contributed by atoms with Gasteiger partial charge in [0.25, 0.3) is 5.91 Å². The molecule has 0 aliphatic carbocycles. The van der Waals surface area contributed by atoms with Crippen LogP contribution in [-0.2, 0) is 4.79 Å². The number of nitriles is 1. The second kappa shape index (κ2) is 7.95. The van der Waals surface area contributed by atoms with Crippen LogP contribution in [0, 0.1) is 11.3 Å². The van der Waals surface area contributed by atoms with E-state index < -0.39 is 0 Å². The molecule has 0 unspecified atom stereocenters. The van der Waals surface area contributed by atoms with Crippen LogP contribution in [0.15, 0.2) is 36.5 Å². The summed E-state index contributed by atoms with van der Waals surface area (Å²) in [5.74, 6) is -0.1000. The Morgan fingerprint density at radius 2 is 2.11 bits per heavy atom. The zero-order valence-corrected chi connectivity index (χ0v) is 15.7. The molecule has 2 aliphatic rings. The first-order valence-corrected chi connectivity index (χ1v) is 9.72. The molecule has 144 valence electrons. The van der Waals surface area contributed by atoms with Gasteiger partial charge in [-0.05, 0) is 37.5 Å². The molecule has 1 aromatic carbocycles. The van der Waals surface area contributed by atoms with E-state index >= 15 is 0 Å². The van der Waals surface area contributed by atoms with Gasteiger partial charge < -0.3 is 10.2 Å². The van der Waals surface area contributed by atoms with Crippen molar-refractivity contribution in [3.63, 3.8) is 0 Å². The molecule has 28 heavy (non-hydrogen) atoms. The first kappa shape index (κ1) is 18.4. The lowest BCUT2D eigenvalue weighted by molar-refractivity contribution is -0.132. The van der Waals surface area contributed by atoms with Crippen LogP contribution < -0.4 is 5.32 Å². The summed E-state index contributed by atoms with van der Waals surface area (Å²) >= 11 is 0. The number of carbonyl (C=O) groups is 2. The normalized spacial score (nSPS) is 22.3. The molecule has 0 bridgehead atoms. The maximum Gasteiger partial charge on any atom is 0.252 e. The lowest BCUT2D eigenvalue weighted by Crippen LogP contribution is -2.43. The van der Waals surface area contributed by atoms with Crippen molar-refractivity contribution >= 4 is 22.7 Å². The van der Waals surface area contributed by atoms with Crippen LogP contribution in [0.1, 0.15) is 29.6 Å². The van der Waals surface area contributed by atoms with E-state index in [1.54, 1.807) is 11.1 Å². The second-order valence-corrected chi connectivity index (χ2v) is 7.44. The van der Waals surface area contributed by atoms with Gasteiger partial charge in [0.05, 0.1) is 18.1 Å². The van der Waals surface area contributed by atoms with Gasteiger partial charge in [-0.1, -0.05) is 12.1 Å². The Bertz CT molecular complexity index is 933. The number of likely N-dealkylation sites (tertiary alicyclic amines) is 2. The zero-order chi connectivity index (χ0) is 19.5. The van der Waals surface area contributed by atoms with E-state index in [-0.39, 0.29) is 23.9 Å². The summed E-state index contributed by atoms with van der Waals surface area (Å²) in [6.45, 7) is 2.38. The molecule has 2 atom stereocenters. The topological polar surface area (TPSA) is 89.3 Å². The highest BCUT2D eigenvalue weighted by molar-refractivity contribution is 6.06. The minimum Gasteiger partial charge on any atom is -0.348 e. The number of nitrogens with one attached hydrogen (secondary N) is 1. The predicted molar refractivity (Wildman–Crippen MR) is 104 cm³/mol. The molecular formula is C21H23N5O2. The first-order valence-electron chi connectivity index (χ1n) is 9.72. The fraction of sp³-hybridized carbons (Fsp3) is 0.429. The number of nitrogens with zero attached hydrogens (tertiary/aromatic N) is 4. The molecule has 1 aromatic heterocycles. The molecular weight excluding hydrogens is 354 g/mol. The smallest absolute Gasteiger partial charge is 0.252 e. The fourth-order valence-corrected chi connectivity index (χ4v) is 4.14. The van der Waals surface area contributed by atoms with Gasteiger partial charge in [-0.3, -0.25) is 19.5 Å². The highest BCUT2D eigenvalue weighted by atomic mass is 16.2. The van der Waals surface area contributed by atoms with Gasteiger partial charge in [0.2, 0.25) is 5.91 Å². The second-order valence-electron chi connectivity index (χ2n) is 7.44. The standard InChI is InChI=1S/C21H23N5O2/c22-12-16-4-3-10-26(16)20(27)14-25-11-8-15(13-25)24-21(28)18-5-1-7-19-17(18)6-2-9-23-19/h1-2,5-7,9,15-16H,3-4,8,10-11,13-14H2,(H,24,28)/t15-,16-/m0/s1. The summed E-state index contributed by atoms with van der Waals surface area (Å²) in [7, 11) is 0. The van der Waals surface area contributed by atoms with Gasteiger partial charge in [0.15, 0.2) is 0 Å². The third-order valence-electron chi connectivity index (χ3n) is 5.58. The highest BCUT2D eigenvalue weighted by Gasteiger charge is 2.32. The number of fused-ring (bicyclic) bond motifs is 1. The van der Waals surface area contributed by atoms with Crippen LogP contribution in [0.2, 0.25) is 0 Å². The van der Waals surface area contributed by atoms with E-state index in [1.807, 2.05) is 30.3 Å². The zero-order valence-electron chi connectivity index (χ0n) is 15.7. The molecule has 4 rings (SSSR count). The minimum absolute atomic E-state index is 0.0103. The first-order chi connectivity index (χ1) is 13.7. The summed E-state index contributed by atoms with van der Waals surface area (Å²) in [4.78, 5) is 33.3. The summed E-state index contributed by atoms with van der Waals surface area (Å²) in [5, 5.41) is 13.1. The van der Waals surface area contributed by atoms with Crippen molar-refractivity contribution in [3.8, 4) is 6.07 Å². The third kappa shape index (κ3) is 3.69. The SMILES string of the molecule is N#C[C@@H]1CCCN1C(=O)CN1CC[C@H](NC(=O)c2cccc3ncccc23)C1. The van der Waals surface area contributed by atoms with E-state index in [1.165, 1.54) is 0 Å². The molecule has 1 N–H and O–H groups in total. The average Bonchev–Trinajstić information content (AvgIpc) is 3.36. The molecule has 2 fully saturated rings. The molecule has 7 nitrogen and oxygen atoms in total. The van der Waals surface area contributed by atoms with Crippen LogP contribution in [0.25, 0.3) is 10.9 Å².